The summed E-state index contributed by atoms with van der Waals surface area (Å²) >= 11 is 12.1. The molecule has 0 aromatic heterocycles. The van der Waals surface area contributed by atoms with Gasteiger partial charge >= 0.3 is 6.03 Å². The van der Waals surface area contributed by atoms with E-state index in [0.717, 1.165) is 80.8 Å². The molecule has 2 aliphatic carbocycles. The zero-order valence-corrected chi connectivity index (χ0v) is 58.6. The highest BCUT2D eigenvalue weighted by molar-refractivity contribution is 6.74. The maximum absolute atomic E-state index is 13.4. The lowest BCUT2D eigenvalue weighted by Gasteiger charge is -2.39. The molecule has 0 bridgehead atoms. The van der Waals surface area contributed by atoms with Gasteiger partial charge in [0.25, 0.3) is 0 Å². The SMILES string of the molecule is CC(C)(C)[Si](C)(C)OC[C@H]1C[C@@H](N)[C@H](N2CCC(Cc3ccc(Cl)cc3)CC2)C1.COc1cc(N=O)cc(OC)c1OC.COc1cc(NC(=O)N[C@@H]2C[C@H](CO[Si](C)(C)C(C)(C)C)C[C@H]2N2CCC(Cc3ccc(Cl)cc3)CC2)cc(OC)c1OC. The van der Waals surface area contributed by atoms with E-state index < -0.39 is 16.6 Å². The van der Waals surface area contributed by atoms with Crippen LogP contribution in [0.4, 0.5) is 16.2 Å². The van der Waals surface area contributed by atoms with Crippen LogP contribution < -0.4 is 44.8 Å². The molecule has 0 spiro atoms. The number of carbonyl (C=O) groups excluding carboxylic acids is 1. The van der Waals surface area contributed by atoms with E-state index in [4.69, 9.17) is 66.2 Å². The maximum Gasteiger partial charge on any atom is 0.319 e. The zero-order valence-electron chi connectivity index (χ0n) is 55.1. The van der Waals surface area contributed by atoms with Crippen molar-refractivity contribution in [1.29, 1.82) is 0 Å². The lowest BCUT2D eigenvalue weighted by molar-refractivity contribution is 0.116. The first-order chi connectivity index (χ1) is 41.1. The summed E-state index contributed by atoms with van der Waals surface area (Å²) in [6, 6.07) is 24.0. The van der Waals surface area contributed by atoms with Gasteiger partial charge in [0.05, 0.1) is 48.3 Å². The monoisotopic (exact) mass is 1280 g/mol. The van der Waals surface area contributed by atoms with Gasteiger partial charge in [0.15, 0.2) is 39.6 Å². The summed E-state index contributed by atoms with van der Waals surface area (Å²) in [7, 11) is 5.60. The average Bonchev–Trinajstić information content (AvgIpc) is 3.95. The number of hydrogen-bond donors (Lipinski definition) is 3. The van der Waals surface area contributed by atoms with E-state index >= 15 is 0 Å². The molecule has 4 aromatic rings. The van der Waals surface area contributed by atoms with Crippen LogP contribution in [0.2, 0.25) is 46.3 Å². The molecule has 2 aliphatic heterocycles. The molecule has 4 aliphatic rings. The van der Waals surface area contributed by atoms with Gasteiger partial charge in [-0.1, -0.05) is 89.0 Å². The van der Waals surface area contributed by atoms with Crippen LogP contribution in [0.5, 0.6) is 34.5 Å². The van der Waals surface area contributed by atoms with Crippen LogP contribution in [0.3, 0.4) is 0 Å². The lowest BCUT2D eigenvalue weighted by Crippen LogP contribution is -2.52. The molecular formula is C67H104Cl2N6O10Si2. The minimum absolute atomic E-state index is 0.0258. The van der Waals surface area contributed by atoms with E-state index in [1.54, 1.807) is 33.5 Å². The second-order valence-electron chi connectivity index (χ2n) is 27.3. The number of urea groups is 1. The third kappa shape index (κ3) is 20.2. The summed E-state index contributed by atoms with van der Waals surface area (Å²) < 4.78 is 44.7. The van der Waals surface area contributed by atoms with Gasteiger partial charge < -0.3 is 53.6 Å². The minimum atomic E-state index is -1.87. The molecule has 2 saturated carbocycles. The highest BCUT2D eigenvalue weighted by atomic mass is 35.5. The molecule has 484 valence electrons. The van der Waals surface area contributed by atoms with Crippen molar-refractivity contribution in [3.8, 4) is 34.5 Å². The number of carbonyl (C=O) groups is 1. The summed E-state index contributed by atoms with van der Waals surface area (Å²) in [6.07, 6.45) is 11.3. The molecule has 6 atom stereocenters. The number of nitroso groups, excluding NO2 is 1. The molecule has 87 heavy (non-hydrogen) atoms. The number of nitrogens with two attached hydrogens (primary N) is 1. The first kappa shape index (κ1) is 71.4. The Bertz CT molecular complexity index is 2740. The third-order valence-corrected chi connectivity index (χ3v) is 28.9. The van der Waals surface area contributed by atoms with Gasteiger partial charge in [0.2, 0.25) is 11.5 Å². The number of methoxy groups -OCH3 is 6. The van der Waals surface area contributed by atoms with Crippen molar-refractivity contribution in [2.24, 2.45) is 34.6 Å². The minimum Gasteiger partial charge on any atom is -0.493 e. The van der Waals surface area contributed by atoms with E-state index in [1.165, 1.54) is 83.4 Å². The Morgan fingerprint density at radius 3 is 1.32 bits per heavy atom. The van der Waals surface area contributed by atoms with Crippen LogP contribution in [-0.2, 0) is 21.7 Å². The second-order valence-corrected chi connectivity index (χ2v) is 37.8. The summed E-state index contributed by atoms with van der Waals surface area (Å²) in [5, 5.41) is 11.2. The van der Waals surface area contributed by atoms with Crippen molar-refractivity contribution in [1.82, 2.24) is 15.1 Å². The van der Waals surface area contributed by atoms with Crippen molar-refractivity contribution in [3.63, 3.8) is 0 Å². The topological polar surface area (TPSA) is 177 Å². The number of halogens is 2. The number of amides is 2. The van der Waals surface area contributed by atoms with Crippen molar-refractivity contribution in [2.45, 2.75) is 166 Å². The first-order valence-corrected chi connectivity index (χ1v) is 37.7. The van der Waals surface area contributed by atoms with E-state index in [-0.39, 0.29) is 33.9 Å². The van der Waals surface area contributed by atoms with E-state index in [1.807, 2.05) is 24.3 Å². The number of rotatable bonds is 21. The highest BCUT2D eigenvalue weighted by Crippen LogP contribution is 2.44. The molecular weight excluding hydrogens is 1180 g/mol. The van der Waals surface area contributed by atoms with Gasteiger partial charge in [-0.2, -0.15) is 0 Å². The molecule has 2 saturated heterocycles. The Morgan fingerprint density at radius 2 is 0.943 bits per heavy atom. The van der Waals surface area contributed by atoms with Crippen LogP contribution in [0.1, 0.15) is 104 Å². The number of nitrogens with zero attached hydrogens (tertiary/aromatic N) is 3. The molecule has 0 radical (unpaired) electrons. The number of likely N-dealkylation sites (tertiary alicyclic amines) is 2. The van der Waals surface area contributed by atoms with Gasteiger partial charge in [-0.3, -0.25) is 9.80 Å². The molecule has 20 heteroatoms. The fraction of sp³-hybridized carbons (Fsp3) is 0.627. The quantitative estimate of drug-likeness (QED) is 0.0531. The summed E-state index contributed by atoms with van der Waals surface area (Å²) in [5.41, 5.74) is 10.2. The van der Waals surface area contributed by atoms with Crippen molar-refractivity contribution in [3.05, 3.63) is 98.9 Å². The first-order valence-electron chi connectivity index (χ1n) is 31.2. The Hall–Kier alpha value is -4.64. The molecule has 4 aromatic carbocycles. The number of hydrogen-bond acceptors (Lipinski definition) is 14. The molecule has 8 rings (SSSR count). The Labute approximate surface area is 533 Å². The van der Waals surface area contributed by atoms with Crippen molar-refractivity contribution < 1.29 is 42.1 Å². The van der Waals surface area contributed by atoms with Crippen LogP contribution in [0.15, 0.2) is 78.0 Å². The standard InChI is InChI=1S/C34H52ClN3O5Si.C24H41ClN2OSi.C9H11NO4/c1-34(2,3)44(7,8)43-22-25-18-28(37-33(39)36-27-20-30(40-4)32(42-6)31(21-27)41-5)29(19-25)38-15-13-24(14-16-38)17-23-9-11-26(35)12-10-23;1-24(2,3)29(4,5)28-17-20-15-22(26)23(16-20)27-12-10-19(11-13-27)14-18-6-8-21(25)9-7-18;1-12-7-4-6(10-11)5-8(13-2)9(7)14-3/h9-12,20-21,24-25,28-29H,13-19,22H2,1-8H3,(H2,36,37,39);6-9,19-20,22-23H,10-17,26H2,1-5H3;4-5H,1-3H3/t25-,28+,29+;20-,22+,23+;/m00./s1. The van der Waals surface area contributed by atoms with Gasteiger partial charge in [-0.15, -0.1) is 4.91 Å². The summed E-state index contributed by atoms with van der Waals surface area (Å²) in [6.45, 7) is 29.2. The summed E-state index contributed by atoms with van der Waals surface area (Å²) in [4.78, 5) is 29.0. The lowest BCUT2D eigenvalue weighted by atomic mass is 9.89. The van der Waals surface area contributed by atoms with Crippen LogP contribution in [0.25, 0.3) is 0 Å². The highest BCUT2D eigenvalue weighted by Gasteiger charge is 2.44. The number of ether oxygens (including phenoxy) is 6. The number of nitrogens with one attached hydrogen (secondary N) is 2. The van der Waals surface area contributed by atoms with Crippen LogP contribution >= 0.6 is 23.2 Å². The van der Waals surface area contributed by atoms with Crippen LogP contribution in [0, 0.1) is 28.6 Å². The molecule has 16 nitrogen and oxygen atoms in total. The van der Waals surface area contributed by atoms with E-state index in [0.29, 0.717) is 70.0 Å². The van der Waals surface area contributed by atoms with Crippen molar-refractivity contribution in [2.75, 3.05) is 87.4 Å². The number of benzene rings is 4. The van der Waals surface area contributed by atoms with Gasteiger partial charge in [-0.25, -0.2) is 4.79 Å². The molecule has 2 amide bonds. The molecule has 2 heterocycles. The van der Waals surface area contributed by atoms with Gasteiger partial charge in [0, 0.05) is 71.7 Å². The molecule has 4 fully saturated rings. The zero-order chi connectivity index (χ0) is 63.9. The Balaban J connectivity index is 0.000000239. The van der Waals surface area contributed by atoms with Gasteiger partial charge in [-0.05, 0) is 191 Å². The van der Waals surface area contributed by atoms with Gasteiger partial charge in [0.1, 0.15) is 5.69 Å². The van der Waals surface area contributed by atoms with Crippen LogP contribution in [-0.4, -0.2) is 139 Å². The fourth-order valence-corrected chi connectivity index (χ4v) is 14.5. The average molecular weight is 1280 g/mol. The predicted octanol–water partition coefficient (Wildman–Crippen LogP) is 15.4. The molecule has 0 unspecified atom stereocenters. The predicted molar refractivity (Wildman–Crippen MR) is 360 cm³/mol. The normalized spacial score (nSPS) is 21.6. The third-order valence-electron chi connectivity index (χ3n) is 19.4. The maximum atomic E-state index is 13.4. The largest absolute Gasteiger partial charge is 0.493 e. The van der Waals surface area contributed by atoms with E-state index in [2.05, 4.69) is 118 Å². The molecule has 4 N–H and O–H groups in total. The number of piperidine rings is 2. The Kier molecular flexibility index (Phi) is 26.6. The second kappa shape index (κ2) is 32.4. The van der Waals surface area contributed by atoms with E-state index in [9.17, 15) is 9.70 Å². The van der Waals surface area contributed by atoms with Crippen molar-refractivity contribution >= 4 is 57.2 Å². The Morgan fingerprint density at radius 1 is 0.563 bits per heavy atom. The smallest absolute Gasteiger partial charge is 0.319 e. The fourth-order valence-electron chi connectivity index (χ4n) is 12.1. The number of anilines is 1. The summed E-state index contributed by atoms with van der Waals surface area (Å²) in [5.74, 6) is 5.20.